The maximum Gasteiger partial charge on any atom is 0.332 e. The predicted molar refractivity (Wildman–Crippen MR) is 90.3 cm³/mol. The molecule has 25 heavy (non-hydrogen) atoms. The molecule has 0 spiro atoms. The fraction of sp³-hybridized carbons (Fsp3) is 0.111. The number of nitrogens with one attached hydrogen (secondary N) is 1. The number of benzene rings is 1. The van der Waals surface area contributed by atoms with Crippen molar-refractivity contribution in [2.24, 2.45) is 0 Å². The molecule has 3 amide bonds. The minimum Gasteiger partial charge on any atom is -0.478 e. The molecule has 0 radical (unpaired) electrons. The standard InChI is InChI=1S/C18H16N2O5/c1-11(8-13-9-15(21)19-16(13)22)17(23)20(10-12(2)18(24)25)14-6-4-3-5-7-14/h3-10H,1-2H3,(H,24,25)(H,19,21,22). The molecule has 0 saturated carbocycles. The first-order valence-electron chi connectivity index (χ1n) is 7.35. The lowest BCUT2D eigenvalue weighted by molar-refractivity contribution is -0.132. The molecular formula is C18H16N2O5. The van der Waals surface area contributed by atoms with Gasteiger partial charge in [0.15, 0.2) is 0 Å². The molecule has 7 nitrogen and oxygen atoms in total. The Labute approximate surface area is 143 Å². The summed E-state index contributed by atoms with van der Waals surface area (Å²) in [6.45, 7) is 2.86. The van der Waals surface area contributed by atoms with Crippen LogP contribution in [-0.2, 0) is 19.2 Å². The van der Waals surface area contributed by atoms with Crippen molar-refractivity contribution in [3.05, 3.63) is 65.4 Å². The molecule has 1 aliphatic heterocycles. The third-order valence-electron chi connectivity index (χ3n) is 3.41. The molecule has 1 heterocycles. The Hall–Kier alpha value is -3.48. The highest BCUT2D eigenvalue weighted by atomic mass is 16.4. The Morgan fingerprint density at radius 2 is 1.72 bits per heavy atom. The van der Waals surface area contributed by atoms with Gasteiger partial charge in [0.1, 0.15) is 0 Å². The van der Waals surface area contributed by atoms with Crippen LogP contribution < -0.4 is 10.2 Å². The Morgan fingerprint density at radius 1 is 1.08 bits per heavy atom. The molecular weight excluding hydrogens is 324 g/mol. The van der Waals surface area contributed by atoms with Crippen LogP contribution >= 0.6 is 0 Å². The van der Waals surface area contributed by atoms with Crippen LogP contribution in [0.3, 0.4) is 0 Å². The summed E-state index contributed by atoms with van der Waals surface area (Å²) < 4.78 is 0. The summed E-state index contributed by atoms with van der Waals surface area (Å²) in [5, 5.41) is 11.2. The van der Waals surface area contributed by atoms with E-state index in [1.54, 1.807) is 30.3 Å². The van der Waals surface area contributed by atoms with Crippen molar-refractivity contribution in [2.75, 3.05) is 4.90 Å². The summed E-state index contributed by atoms with van der Waals surface area (Å²) in [5.74, 6) is -2.79. The molecule has 2 N–H and O–H groups in total. The van der Waals surface area contributed by atoms with Crippen molar-refractivity contribution in [1.82, 2.24) is 5.32 Å². The number of hydrogen-bond acceptors (Lipinski definition) is 4. The van der Waals surface area contributed by atoms with Gasteiger partial charge in [-0.05, 0) is 32.1 Å². The maximum atomic E-state index is 12.8. The van der Waals surface area contributed by atoms with E-state index >= 15 is 0 Å². The number of carbonyl (C=O) groups is 4. The molecule has 1 aliphatic rings. The van der Waals surface area contributed by atoms with Gasteiger partial charge in [-0.15, -0.1) is 0 Å². The topological polar surface area (TPSA) is 104 Å². The highest BCUT2D eigenvalue weighted by molar-refractivity contribution is 6.18. The molecule has 0 fully saturated rings. The van der Waals surface area contributed by atoms with Crippen LogP contribution in [0.4, 0.5) is 5.69 Å². The number of hydrogen-bond donors (Lipinski definition) is 2. The van der Waals surface area contributed by atoms with Gasteiger partial charge in [0.25, 0.3) is 17.7 Å². The van der Waals surface area contributed by atoms with Gasteiger partial charge >= 0.3 is 5.97 Å². The molecule has 2 rings (SSSR count). The first kappa shape index (κ1) is 17.9. The average molecular weight is 340 g/mol. The number of aliphatic carboxylic acids is 1. The number of para-hydroxylation sites is 1. The largest absolute Gasteiger partial charge is 0.478 e. The second-order valence-corrected chi connectivity index (χ2v) is 5.37. The van der Waals surface area contributed by atoms with E-state index in [9.17, 15) is 19.2 Å². The Morgan fingerprint density at radius 3 is 2.24 bits per heavy atom. The number of amides is 3. The van der Waals surface area contributed by atoms with Crippen LogP contribution in [0.5, 0.6) is 0 Å². The van der Waals surface area contributed by atoms with Crippen LogP contribution in [0.1, 0.15) is 13.8 Å². The maximum absolute atomic E-state index is 12.8. The minimum atomic E-state index is -1.15. The predicted octanol–water partition coefficient (Wildman–Crippen LogP) is 1.54. The van der Waals surface area contributed by atoms with Crippen molar-refractivity contribution in [3.8, 4) is 0 Å². The van der Waals surface area contributed by atoms with E-state index in [0.717, 1.165) is 6.08 Å². The van der Waals surface area contributed by atoms with Crippen LogP contribution in [0, 0.1) is 0 Å². The van der Waals surface area contributed by atoms with Crippen LogP contribution in [0.2, 0.25) is 0 Å². The highest BCUT2D eigenvalue weighted by Gasteiger charge is 2.22. The van der Waals surface area contributed by atoms with E-state index in [1.165, 1.54) is 31.0 Å². The molecule has 7 heteroatoms. The zero-order valence-corrected chi connectivity index (χ0v) is 13.6. The fourth-order valence-corrected chi connectivity index (χ4v) is 2.11. The van der Waals surface area contributed by atoms with Gasteiger partial charge in [0.2, 0.25) is 0 Å². The summed E-state index contributed by atoms with van der Waals surface area (Å²) in [7, 11) is 0. The average Bonchev–Trinajstić information content (AvgIpc) is 2.89. The van der Waals surface area contributed by atoms with Crippen molar-refractivity contribution in [1.29, 1.82) is 0 Å². The van der Waals surface area contributed by atoms with Gasteiger partial charge in [-0.25, -0.2) is 4.79 Å². The van der Waals surface area contributed by atoms with Crippen molar-refractivity contribution in [2.45, 2.75) is 13.8 Å². The van der Waals surface area contributed by atoms with Gasteiger partial charge < -0.3 is 5.11 Å². The number of rotatable bonds is 5. The number of nitrogens with zero attached hydrogens (tertiary/aromatic N) is 1. The van der Waals surface area contributed by atoms with E-state index in [-0.39, 0.29) is 16.7 Å². The van der Waals surface area contributed by atoms with E-state index in [4.69, 9.17) is 5.11 Å². The van der Waals surface area contributed by atoms with Crippen LogP contribution in [-0.4, -0.2) is 28.8 Å². The number of carbonyl (C=O) groups excluding carboxylic acids is 3. The number of carboxylic acid groups (broad SMARTS) is 1. The summed E-state index contributed by atoms with van der Waals surface area (Å²) in [6.07, 6.45) is 3.61. The number of carboxylic acids is 1. The Bertz CT molecular complexity index is 834. The van der Waals surface area contributed by atoms with Crippen LogP contribution in [0.15, 0.2) is 65.4 Å². The SMILES string of the molecule is CC(=CN(C(=O)C(C)=CC1=CC(=O)NC1=O)c1ccccc1)C(=O)O. The quantitative estimate of drug-likeness (QED) is 0.625. The van der Waals surface area contributed by atoms with Gasteiger partial charge in [0, 0.05) is 29.1 Å². The van der Waals surface area contributed by atoms with Crippen molar-refractivity contribution < 1.29 is 24.3 Å². The smallest absolute Gasteiger partial charge is 0.332 e. The minimum absolute atomic E-state index is 0.0296. The Balaban J connectivity index is 2.40. The van der Waals surface area contributed by atoms with Crippen molar-refractivity contribution >= 4 is 29.4 Å². The first-order chi connectivity index (χ1) is 11.8. The third kappa shape index (κ3) is 4.29. The fourth-order valence-electron chi connectivity index (χ4n) is 2.11. The molecule has 1 aromatic carbocycles. The second kappa shape index (κ2) is 7.39. The highest BCUT2D eigenvalue weighted by Crippen LogP contribution is 2.19. The molecule has 128 valence electrons. The molecule has 1 aromatic rings. The molecule has 0 atom stereocenters. The molecule has 0 aromatic heterocycles. The molecule has 0 aliphatic carbocycles. The van der Waals surface area contributed by atoms with Crippen molar-refractivity contribution in [3.63, 3.8) is 0 Å². The lowest BCUT2D eigenvalue weighted by atomic mass is 10.1. The third-order valence-corrected chi connectivity index (χ3v) is 3.41. The van der Waals surface area contributed by atoms with Gasteiger partial charge in [-0.3, -0.25) is 24.6 Å². The number of anilines is 1. The van der Waals surface area contributed by atoms with E-state index in [0.29, 0.717) is 5.69 Å². The first-order valence-corrected chi connectivity index (χ1v) is 7.35. The second-order valence-electron chi connectivity index (χ2n) is 5.37. The summed E-state index contributed by atoms with van der Waals surface area (Å²) in [4.78, 5) is 47.8. The number of imide groups is 1. The monoisotopic (exact) mass is 340 g/mol. The van der Waals surface area contributed by atoms with Gasteiger partial charge in [-0.2, -0.15) is 0 Å². The normalized spacial score (nSPS) is 14.9. The van der Waals surface area contributed by atoms with Gasteiger partial charge in [0.05, 0.1) is 5.57 Å². The lowest BCUT2D eigenvalue weighted by Gasteiger charge is -2.19. The zero-order chi connectivity index (χ0) is 18.6. The molecule has 0 saturated heterocycles. The lowest BCUT2D eigenvalue weighted by Crippen LogP contribution is -2.27. The van der Waals surface area contributed by atoms with E-state index < -0.39 is 23.7 Å². The molecule has 0 unspecified atom stereocenters. The van der Waals surface area contributed by atoms with E-state index in [1.807, 2.05) is 0 Å². The summed E-state index contributed by atoms with van der Waals surface area (Å²) >= 11 is 0. The summed E-state index contributed by atoms with van der Waals surface area (Å²) in [5.41, 5.74) is 0.692. The van der Waals surface area contributed by atoms with E-state index in [2.05, 4.69) is 5.32 Å². The van der Waals surface area contributed by atoms with Crippen LogP contribution in [0.25, 0.3) is 0 Å². The zero-order valence-electron chi connectivity index (χ0n) is 13.6. The molecule has 0 bridgehead atoms. The summed E-state index contributed by atoms with van der Waals surface area (Å²) in [6, 6.07) is 8.50. The van der Waals surface area contributed by atoms with Gasteiger partial charge in [-0.1, -0.05) is 18.2 Å². The Kier molecular flexibility index (Phi) is 5.28.